The Kier molecular flexibility index (Phi) is 5.92. The van der Waals surface area contributed by atoms with Gasteiger partial charge >= 0.3 is 0 Å². The Morgan fingerprint density at radius 2 is 2.24 bits per heavy atom. The second-order valence-corrected chi connectivity index (χ2v) is 5.59. The number of nitrogens with two attached hydrogens (primary N) is 1. The van der Waals surface area contributed by atoms with Crippen molar-refractivity contribution in [1.29, 1.82) is 0 Å². The van der Waals surface area contributed by atoms with E-state index in [1.165, 1.54) is 6.42 Å². The van der Waals surface area contributed by atoms with Crippen molar-refractivity contribution in [2.45, 2.75) is 58.7 Å². The van der Waals surface area contributed by atoms with Crippen molar-refractivity contribution in [2.24, 2.45) is 11.1 Å². The van der Waals surface area contributed by atoms with Crippen LogP contribution in [0.1, 0.15) is 52.4 Å². The van der Waals surface area contributed by atoms with Gasteiger partial charge in [0.2, 0.25) is 5.91 Å². The first-order chi connectivity index (χ1) is 7.99. The molecule has 0 aromatic carbocycles. The molecule has 1 rings (SSSR count). The summed E-state index contributed by atoms with van der Waals surface area (Å²) >= 11 is 0. The summed E-state index contributed by atoms with van der Waals surface area (Å²) in [4.78, 5) is 10.7. The van der Waals surface area contributed by atoms with Gasteiger partial charge in [0.1, 0.15) is 0 Å². The van der Waals surface area contributed by atoms with Crippen LogP contribution in [-0.4, -0.2) is 25.4 Å². The highest BCUT2D eigenvalue weighted by molar-refractivity contribution is 5.73. The molecule has 1 heterocycles. The van der Waals surface area contributed by atoms with Gasteiger partial charge < -0.3 is 15.2 Å². The molecule has 0 aliphatic carbocycles. The van der Waals surface area contributed by atoms with Crippen LogP contribution in [0.5, 0.6) is 0 Å². The van der Waals surface area contributed by atoms with Gasteiger partial charge in [0, 0.05) is 13.0 Å². The Hall–Kier alpha value is -0.610. The molecule has 0 aromatic heterocycles. The van der Waals surface area contributed by atoms with Gasteiger partial charge in [-0.25, -0.2) is 0 Å². The predicted octanol–water partition coefficient (Wildman–Crippen LogP) is 2.21. The molecule has 1 aliphatic rings. The van der Waals surface area contributed by atoms with Crippen LogP contribution < -0.4 is 5.73 Å². The van der Waals surface area contributed by atoms with E-state index in [9.17, 15) is 4.79 Å². The van der Waals surface area contributed by atoms with Gasteiger partial charge in [-0.15, -0.1) is 0 Å². The average Bonchev–Trinajstić information content (AvgIpc) is 2.27. The van der Waals surface area contributed by atoms with Gasteiger partial charge in [-0.05, 0) is 37.5 Å². The van der Waals surface area contributed by atoms with Gasteiger partial charge in [0.15, 0.2) is 6.29 Å². The van der Waals surface area contributed by atoms with Crippen LogP contribution >= 0.6 is 0 Å². The fourth-order valence-corrected chi connectivity index (χ4v) is 1.97. The van der Waals surface area contributed by atoms with E-state index in [-0.39, 0.29) is 17.6 Å². The van der Waals surface area contributed by atoms with Crippen molar-refractivity contribution in [1.82, 2.24) is 0 Å². The summed E-state index contributed by atoms with van der Waals surface area (Å²) in [7, 11) is 0. The fraction of sp³-hybridized carbons (Fsp3) is 0.923. The third kappa shape index (κ3) is 6.64. The minimum absolute atomic E-state index is 0.0286. The van der Waals surface area contributed by atoms with E-state index in [0.717, 1.165) is 32.3 Å². The van der Waals surface area contributed by atoms with Crippen molar-refractivity contribution in [2.75, 3.05) is 13.2 Å². The molecule has 1 aliphatic heterocycles. The van der Waals surface area contributed by atoms with Gasteiger partial charge in [0.25, 0.3) is 0 Å². The molecule has 4 heteroatoms. The standard InChI is InChI=1S/C13H25NO3/c1-13(2,8-5-6-11(14)15)10-17-12-7-3-4-9-16-12/h12H,3-10H2,1-2H3,(H2,14,15). The maximum atomic E-state index is 10.7. The largest absolute Gasteiger partial charge is 0.370 e. The van der Waals surface area contributed by atoms with Crippen LogP contribution in [0.15, 0.2) is 0 Å². The first-order valence-electron chi connectivity index (χ1n) is 6.51. The number of rotatable bonds is 7. The number of hydrogen-bond acceptors (Lipinski definition) is 3. The highest BCUT2D eigenvalue weighted by Crippen LogP contribution is 2.25. The highest BCUT2D eigenvalue weighted by atomic mass is 16.7. The van der Waals surface area contributed by atoms with Crippen molar-refractivity contribution in [3.63, 3.8) is 0 Å². The van der Waals surface area contributed by atoms with Crippen LogP contribution in [0.4, 0.5) is 0 Å². The Bertz CT molecular complexity index is 235. The molecular weight excluding hydrogens is 218 g/mol. The molecule has 0 spiro atoms. The Morgan fingerprint density at radius 3 is 2.82 bits per heavy atom. The normalized spacial score (nSPS) is 21.4. The molecule has 1 atom stereocenters. The number of carbonyl (C=O) groups excluding carboxylic acids is 1. The molecule has 0 saturated carbocycles. The fourth-order valence-electron chi connectivity index (χ4n) is 1.97. The molecule has 100 valence electrons. The molecule has 0 radical (unpaired) electrons. The predicted molar refractivity (Wildman–Crippen MR) is 66.4 cm³/mol. The lowest BCUT2D eigenvalue weighted by molar-refractivity contribution is -0.176. The number of carbonyl (C=O) groups is 1. The molecule has 17 heavy (non-hydrogen) atoms. The Morgan fingerprint density at radius 1 is 1.47 bits per heavy atom. The topological polar surface area (TPSA) is 61.6 Å². The highest BCUT2D eigenvalue weighted by Gasteiger charge is 2.22. The zero-order valence-electron chi connectivity index (χ0n) is 11.0. The van der Waals surface area contributed by atoms with Crippen LogP contribution in [0, 0.1) is 5.41 Å². The zero-order valence-corrected chi connectivity index (χ0v) is 11.0. The van der Waals surface area contributed by atoms with Gasteiger partial charge in [-0.1, -0.05) is 13.8 Å². The molecule has 4 nitrogen and oxygen atoms in total. The minimum Gasteiger partial charge on any atom is -0.370 e. The molecule has 1 fully saturated rings. The number of amides is 1. The minimum atomic E-state index is -0.225. The number of primary amides is 1. The lowest BCUT2D eigenvalue weighted by Gasteiger charge is -2.29. The lowest BCUT2D eigenvalue weighted by atomic mass is 9.88. The van der Waals surface area contributed by atoms with E-state index in [0.29, 0.717) is 13.0 Å². The smallest absolute Gasteiger partial charge is 0.217 e. The first kappa shape index (κ1) is 14.5. The molecule has 0 aromatic rings. The van der Waals surface area contributed by atoms with Crippen molar-refractivity contribution in [3.05, 3.63) is 0 Å². The third-order valence-corrected chi connectivity index (χ3v) is 3.07. The van der Waals surface area contributed by atoms with Crippen molar-refractivity contribution in [3.8, 4) is 0 Å². The van der Waals surface area contributed by atoms with Crippen LogP contribution in [0.3, 0.4) is 0 Å². The average molecular weight is 243 g/mol. The zero-order chi connectivity index (χ0) is 12.7. The van der Waals surface area contributed by atoms with E-state index in [2.05, 4.69) is 13.8 Å². The van der Waals surface area contributed by atoms with E-state index in [1.807, 2.05) is 0 Å². The maximum Gasteiger partial charge on any atom is 0.217 e. The van der Waals surface area contributed by atoms with Crippen molar-refractivity contribution >= 4 is 5.91 Å². The summed E-state index contributed by atoms with van der Waals surface area (Å²) < 4.78 is 11.3. The SMILES string of the molecule is CC(C)(CCCC(N)=O)COC1CCCCO1. The van der Waals surface area contributed by atoms with E-state index < -0.39 is 0 Å². The van der Waals surface area contributed by atoms with Gasteiger partial charge in [0.05, 0.1) is 6.61 Å². The summed E-state index contributed by atoms with van der Waals surface area (Å²) in [6.07, 6.45) is 5.54. The Balaban J connectivity index is 2.16. The number of ether oxygens (including phenoxy) is 2. The molecule has 1 amide bonds. The third-order valence-electron chi connectivity index (χ3n) is 3.07. The summed E-state index contributed by atoms with van der Waals surface area (Å²) in [5.41, 5.74) is 5.20. The Labute approximate surface area is 104 Å². The van der Waals surface area contributed by atoms with E-state index >= 15 is 0 Å². The van der Waals surface area contributed by atoms with Crippen molar-refractivity contribution < 1.29 is 14.3 Å². The summed E-state index contributed by atoms with van der Waals surface area (Å²) in [5, 5.41) is 0. The molecule has 1 unspecified atom stereocenters. The summed E-state index contributed by atoms with van der Waals surface area (Å²) in [6, 6.07) is 0. The monoisotopic (exact) mass is 243 g/mol. The summed E-state index contributed by atoms with van der Waals surface area (Å²) in [6.45, 7) is 5.79. The maximum absolute atomic E-state index is 10.7. The quantitative estimate of drug-likeness (QED) is 0.745. The van der Waals surface area contributed by atoms with Crippen LogP contribution in [-0.2, 0) is 14.3 Å². The lowest BCUT2D eigenvalue weighted by Crippen LogP contribution is -2.28. The van der Waals surface area contributed by atoms with Crippen LogP contribution in [0.2, 0.25) is 0 Å². The molecule has 0 bridgehead atoms. The van der Waals surface area contributed by atoms with E-state index in [4.69, 9.17) is 15.2 Å². The van der Waals surface area contributed by atoms with Gasteiger partial charge in [-0.3, -0.25) is 4.79 Å². The molecule has 2 N–H and O–H groups in total. The second kappa shape index (κ2) is 6.97. The second-order valence-electron chi connectivity index (χ2n) is 5.59. The van der Waals surface area contributed by atoms with E-state index in [1.54, 1.807) is 0 Å². The first-order valence-corrected chi connectivity index (χ1v) is 6.51. The molecule has 1 saturated heterocycles. The number of hydrogen-bond donors (Lipinski definition) is 1. The van der Waals surface area contributed by atoms with Crippen LogP contribution in [0.25, 0.3) is 0 Å². The molecular formula is C13H25NO3. The summed E-state index contributed by atoms with van der Waals surface area (Å²) in [5.74, 6) is -0.225. The van der Waals surface area contributed by atoms with Gasteiger partial charge in [-0.2, -0.15) is 0 Å².